The SMILES string of the molecule is c1ccc(-c2cc(-c3ccccc3)c(-c3ccccc3)c(-c3ccccc3)n2)cc1. The van der Waals surface area contributed by atoms with Crippen molar-refractivity contribution in [2.75, 3.05) is 0 Å². The van der Waals surface area contributed by atoms with Gasteiger partial charge in [-0.1, -0.05) is 121 Å². The summed E-state index contributed by atoms with van der Waals surface area (Å²) in [4.78, 5) is 5.18. The van der Waals surface area contributed by atoms with Gasteiger partial charge in [0.2, 0.25) is 0 Å². The predicted molar refractivity (Wildman–Crippen MR) is 126 cm³/mol. The molecule has 0 bridgehead atoms. The van der Waals surface area contributed by atoms with E-state index in [-0.39, 0.29) is 0 Å². The summed E-state index contributed by atoms with van der Waals surface area (Å²) in [5.74, 6) is 0. The van der Waals surface area contributed by atoms with E-state index in [1.165, 1.54) is 16.7 Å². The van der Waals surface area contributed by atoms with Crippen LogP contribution in [-0.4, -0.2) is 4.98 Å². The highest BCUT2D eigenvalue weighted by Crippen LogP contribution is 2.41. The van der Waals surface area contributed by atoms with E-state index in [9.17, 15) is 0 Å². The molecular formula is C29H21N. The Balaban J connectivity index is 1.88. The summed E-state index contributed by atoms with van der Waals surface area (Å²) in [6.07, 6.45) is 0. The molecule has 4 aromatic carbocycles. The van der Waals surface area contributed by atoms with Gasteiger partial charge >= 0.3 is 0 Å². The van der Waals surface area contributed by atoms with Crippen LogP contribution in [0.1, 0.15) is 0 Å². The van der Waals surface area contributed by atoms with Gasteiger partial charge in [0.15, 0.2) is 0 Å². The highest BCUT2D eigenvalue weighted by molar-refractivity contribution is 5.94. The van der Waals surface area contributed by atoms with Gasteiger partial charge in [0.25, 0.3) is 0 Å². The van der Waals surface area contributed by atoms with Gasteiger partial charge in [-0.3, -0.25) is 0 Å². The van der Waals surface area contributed by atoms with Crippen molar-refractivity contribution in [3.05, 3.63) is 127 Å². The summed E-state index contributed by atoms with van der Waals surface area (Å²) in [6, 6.07) is 44.2. The summed E-state index contributed by atoms with van der Waals surface area (Å²) >= 11 is 0. The molecule has 1 nitrogen and oxygen atoms in total. The van der Waals surface area contributed by atoms with Crippen LogP contribution in [-0.2, 0) is 0 Å². The van der Waals surface area contributed by atoms with E-state index in [0.717, 1.165) is 28.1 Å². The van der Waals surface area contributed by atoms with Gasteiger partial charge in [-0.05, 0) is 22.8 Å². The van der Waals surface area contributed by atoms with E-state index >= 15 is 0 Å². The smallest absolute Gasteiger partial charge is 0.0794 e. The Morgan fingerprint density at radius 1 is 0.400 bits per heavy atom. The maximum absolute atomic E-state index is 5.18. The van der Waals surface area contributed by atoms with Gasteiger partial charge in [0.05, 0.1) is 11.4 Å². The van der Waals surface area contributed by atoms with Gasteiger partial charge in [-0.15, -0.1) is 0 Å². The molecule has 1 heteroatoms. The molecule has 0 fully saturated rings. The normalized spacial score (nSPS) is 10.7. The molecule has 5 rings (SSSR count). The van der Waals surface area contributed by atoms with Gasteiger partial charge in [0, 0.05) is 16.7 Å². The number of pyridine rings is 1. The lowest BCUT2D eigenvalue weighted by Gasteiger charge is -2.18. The Morgan fingerprint density at radius 3 is 1.37 bits per heavy atom. The van der Waals surface area contributed by atoms with Gasteiger partial charge in [-0.2, -0.15) is 0 Å². The van der Waals surface area contributed by atoms with Crippen molar-refractivity contribution in [2.45, 2.75) is 0 Å². The first-order chi connectivity index (χ1) is 14.9. The molecule has 0 atom stereocenters. The Labute approximate surface area is 177 Å². The molecule has 0 N–H and O–H groups in total. The summed E-state index contributed by atoms with van der Waals surface area (Å²) in [5.41, 5.74) is 8.92. The van der Waals surface area contributed by atoms with Crippen LogP contribution >= 0.6 is 0 Å². The fourth-order valence-corrected chi connectivity index (χ4v) is 3.85. The molecule has 30 heavy (non-hydrogen) atoms. The molecule has 1 heterocycles. The first-order valence-corrected chi connectivity index (χ1v) is 10.2. The van der Waals surface area contributed by atoms with Gasteiger partial charge in [-0.25, -0.2) is 4.98 Å². The van der Waals surface area contributed by atoms with E-state index in [1.54, 1.807) is 0 Å². The topological polar surface area (TPSA) is 12.9 Å². The van der Waals surface area contributed by atoms with E-state index in [0.29, 0.717) is 0 Å². The first-order valence-electron chi connectivity index (χ1n) is 10.2. The summed E-state index contributed by atoms with van der Waals surface area (Å²) in [7, 11) is 0. The molecule has 1 aromatic heterocycles. The lowest BCUT2D eigenvalue weighted by atomic mass is 9.89. The summed E-state index contributed by atoms with van der Waals surface area (Å²) < 4.78 is 0. The lowest BCUT2D eigenvalue weighted by Crippen LogP contribution is -1.96. The Bertz CT molecular complexity index is 1180. The van der Waals surface area contributed by atoms with Crippen molar-refractivity contribution in [1.82, 2.24) is 4.98 Å². The highest BCUT2D eigenvalue weighted by Gasteiger charge is 2.18. The number of hydrogen-bond donors (Lipinski definition) is 0. The second-order valence-corrected chi connectivity index (χ2v) is 7.24. The zero-order chi connectivity index (χ0) is 20.2. The van der Waals surface area contributed by atoms with E-state index in [1.807, 2.05) is 12.1 Å². The number of benzene rings is 4. The van der Waals surface area contributed by atoms with Crippen LogP contribution in [0.5, 0.6) is 0 Å². The van der Waals surface area contributed by atoms with Gasteiger partial charge < -0.3 is 0 Å². The van der Waals surface area contributed by atoms with Crippen molar-refractivity contribution in [3.63, 3.8) is 0 Å². The van der Waals surface area contributed by atoms with E-state index < -0.39 is 0 Å². The molecule has 0 aliphatic carbocycles. The third kappa shape index (κ3) is 3.54. The minimum atomic E-state index is 0.980. The number of aromatic nitrogens is 1. The molecule has 0 radical (unpaired) electrons. The fourth-order valence-electron chi connectivity index (χ4n) is 3.85. The molecule has 0 unspecified atom stereocenters. The highest BCUT2D eigenvalue weighted by atomic mass is 14.7. The Morgan fingerprint density at radius 2 is 0.833 bits per heavy atom. The Kier molecular flexibility index (Phi) is 4.93. The zero-order valence-electron chi connectivity index (χ0n) is 16.6. The van der Waals surface area contributed by atoms with Gasteiger partial charge in [0.1, 0.15) is 0 Å². The molecule has 0 aliphatic rings. The molecule has 0 saturated heterocycles. The van der Waals surface area contributed by atoms with Crippen LogP contribution in [0.25, 0.3) is 44.8 Å². The lowest BCUT2D eigenvalue weighted by molar-refractivity contribution is 1.32. The molecule has 0 aliphatic heterocycles. The van der Waals surface area contributed by atoms with Crippen molar-refractivity contribution >= 4 is 0 Å². The standard InChI is InChI=1S/C29H21N/c1-5-13-22(14-6-1)26-21-27(23-15-7-2-8-16-23)30-29(25-19-11-4-12-20-25)28(26)24-17-9-3-10-18-24/h1-21H. The third-order valence-electron chi connectivity index (χ3n) is 5.28. The summed E-state index contributed by atoms with van der Waals surface area (Å²) in [5, 5.41) is 0. The van der Waals surface area contributed by atoms with Crippen LogP contribution in [0.3, 0.4) is 0 Å². The quantitative estimate of drug-likeness (QED) is 0.309. The molecule has 0 amide bonds. The van der Waals surface area contributed by atoms with E-state index in [2.05, 4.69) is 115 Å². The zero-order valence-corrected chi connectivity index (χ0v) is 16.6. The van der Waals surface area contributed by atoms with Crippen LogP contribution in [0.2, 0.25) is 0 Å². The number of hydrogen-bond acceptors (Lipinski definition) is 1. The molecule has 0 saturated carbocycles. The van der Waals surface area contributed by atoms with Crippen LogP contribution in [0.15, 0.2) is 127 Å². The average Bonchev–Trinajstić information content (AvgIpc) is 2.85. The minimum Gasteiger partial charge on any atom is -0.247 e. The van der Waals surface area contributed by atoms with E-state index in [4.69, 9.17) is 4.98 Å². The maximum Gasteiger partial charge on any atom is 0.0794 e. The number of nitrogens with zero attached hydrogens (tertiary/aromatic N) is 1. The molecule has 5 aromatic rings. The molecule has 142 valence electrons. The van der Waals surface area contributed by atoms with Crippen molar-refractivity contribution in [3.8, 4) is 44.8 Å². The monoisotopic (exact) mass is 383 g/mol. The second kappa shape index (κ2) is 8.18. The fraction of sp³-hybridized carbons (Fsp3) is 0. The van der Waals surface area contributed by atoms with Crippen LogP contribution in [0, 0.1) is 0 Å². The maximum atomic E-state index is 5.18. The minimum absolute atomic E-state index is 0.980. The number of rotatable bonds is 4. The van der Waals surface area contributed by atoms with Crippen LogP contribution < -0.4 is 0 Å². The Hall–Kier alpha value is -3.97. The van der Waals surface area contributed by atoms with Crippen LogP contribution in [0.4, 0.5) is 0 Å². The second-order valence-electron chi connectivity index (χ2n) is 7.24. The third-order valence-corrected chi connectivity index (χ3v) is 5.28. The van der Waals surface area contributed by atoms with Crippen molar-refractivity contribution in [1.29, 1.82) is 0 Å². The molecule has 0 spiro atoms. The summed E-state index contributed by atoms with van der Waals surface area (Å²) in [6.45, 7) is 0. The van der Waals surface area contributed by atoms with Crippen molar-refractivity contribution in [2.24, 2.45) is 0 Å². The average molecular weight is 383 g/mol. The van der Waals surface area contributed by atoms with Crippen molar-refractivity contribution < 1.29 is 0 Å². The largest absolute Gasteiger partial charge is 0.247 e. The molecular weight excluding hydrogens is 362 g/mol. The predicted octanol–water partition coefficient (Wildman–Crippen LogP) is 7.75. The first kappa shape index (κ1) is 18.1.